The predicted molar refractivity (Wildman–Crippen MR) is 70.1 cm³/mol. The van der Waals surface area contributed by atoms with Crippen molar-refractivity contribution in [3.63, 3.8) is 0 Å². The second-order valence-electron chi connectivity index (χ2n) is 6.66. The number of hydrogen-bond acceptors (Lipinski definition) is 2. The Kier molecular flexibility index (Phi) is 3.45. The molecule has 2 heteroatoms. The Balaban J connectivity index is 1.48. The smallest absolute Gasteiger partial charge is 0.0697 e. The lowest BCUT2D eigenvalue weighted by atomic mass is 9.78. The molecule has 2 nitrogen and oxygen atoms in total. The summed E-state index contributed by atoms with van der Waals surface area (Å²) >= 11 is 0. The Labute approximate surface area is 105 Å². The van der Waals surface area contributed by atoms with Crippen LogP contribution in [-0.2, 0) is 4.74 Å². The van der Waals surface area contributed by atoms with Crippen LogP contribution in [0.1, 0.15) is 58.3 Å². The van der Waals surface area contributed by atoms with Crippen LogP contribution in [0, 0.1) is 11.8 Å². The van der Waals surface area contributed by atoms with Crippen molar-refractivity contribution in [3.05, 3.63) is 0 Å². The first-order valence-corrected chi connectivity index (χ1v) is 7.65. The van der Waals surface area contributed by atoms with Gasteiger partial charge in [0.2, 0.25) is 0 Å². The van der Waals surface area contributed by atoms with Gasteiger partial charge in [-0.15, -0.1) is 0 Å². The molecule has 3 aliphatic rings. The van der Waals surface area contributed by atoms with Crippen LogP contribution in [0.5, 0.6) is 0 Å². The normalized spacial score (nSPS) is 40.4. The fourth-order valence-corrected chi connectivity index (χ4v) is 3.75. The number of rotatable bonds is 3. The van der Waals surface area contributed by atoms with Gasteiger partial charge in [0.25, 0.3) is 0 Å². The van der Waals surface area contributed by atoms with E-state index in [2.05, 4.69) is 12.2 Å². The highest BCUT2D eigenvalue weighted by molar-refractivity contribution is 4.93. The van der Waals surface area contributed by atoms with E-state index in [0.717, 1.165) is 24.5 Å². The summed E-state index contributed by atoms with van der Waals surface area (Å²) < 4.78 is 6.14. The van der Waals surface area contributed by atoms with Crippen LogP contribution in [-0.4, -0.2) is 24.8 Å². The Hall–Kier alpha value is -0.0800. The van der Waals surface area contributed by atoms with Crippen molar-refractivity contribution in [1.82, 2.24) is 5.32 Å². The molecular formula is C15H27NO. The predicted octanol–water partition coefficient (Wildman–Crippen LogP) is 3.11. The average Bonchev–Trinajstić information content (AvgIpc) is 3.04. The maximum absolute atomic E-state index is 6.14. The fraction of sp³-hybridized carbons (Fsp3) is 1.00. The molecule has 1 heterocycles. The Morgan fingerprint density at radius 2 is 2.00 bits per heavy atom. The van der Waals surface area contributed by atoms with Gasteiger partial charge in [-0.1, -0.05) is 26.2 Å². The van der Waals surface area contributed by atoms with E-state index in [9.17, 15) is 0 Å². The van der Waals surface area contributed by atoms with E-state index < -0.39 is 0 Å². The summed E-state index contributed by atoms with van der Waals surface area (Å²) in [6.45, 7) is 4.61. The Morgan fingerprint density at radius 3 is 2.71 bits per heavy atom. The van der Waals surface area contributed by atoms with Crippen LogP contribution in [0.15, 0.2) is 0 Å². The van der Waals surface area contributed by atoms with Crippen molar-refractivity contribution in [2.75, 3.05) is 13.2 Å². The summed E-state index contributed by atoms with van der Waals surface area (Å²) in [6, 6.07) is 0.731. The molecule has 3 fully saturated rings. The lowest BCUT2D eigenvalue weighted by Crippen LogP contribution is -2.48. The summed E-state index contributed by atoms with van der Waals surface area (Å²) in [6.07, 6.45) is 10.7. The molecule has 0 aromatic carbocycles. The fourth-order valence-electron chi connectivity index (χ4n) is 3.75. The molecule has 1 aliphatic heterocycles. The van der Waals surface area contributed by atoms with Crippen LogP contribution in [0.3, 0.4) is 0 Å². The van der Waals surface area contributed by atoms with Gasteiger partial charge in [-0.2, -0.15) is 0 Å². The molecule has 0 aromatic heterocycles. The molecule has 3 unspecified atom stereocenters. The van der Waals surface area contributed by atoms with Gasteiger partial charge < -0.3 is 10.1 Å². The van der Waals surface area contributed by atoms with Crippen molar-refractivity contribution in [2.45, 2.75) is 69.9 Å². The minimum absolute atomic E-state index is 0.267. The highest BCUT2D eigenvalue weighted by atomic mass is 16.5. The van der Waals surface area contributed by atoms with Crippen LogP contribution in [0.25, 0.3) is 0 Å². The lowest BCUT2D eigenvalue weighted by molar-refractivity contribution is -0.109. The third kappa shape index (κ3) is 2.85. The maximum Gasteiger partial charge on any atom is 0.0697 e. The minimum atomic E-state index is 0.267. The van der Waals surface area contributed by atoms with Gasteiger partial charge in [0, 0.05) is 12.6 Å². The monoisotopic (exact) mass is 237 g/mol. The zero-order valence-electron chi connectivity index (χ0n) is 11.2. The van der Waals surface area contributed by atoms with Gasteiger partial charge in [0.05, 0.1) is 5.60 Å². The van der Waals surface area contributed by atoms with Gasteiger partial charge in [0.1, 0.15) is 0 Å². The van der Waals surface area contributed by atoms with Crippen molar-refractivity contribution < 1.29 is 4.74 Å². The number of ether oxygens (including phenoxy) is 1. The lowest BCUT2D eigenvalue weighted by Gasteiger charge is -2.43. The molecule has 1 N–H and O–H groups in total. The molecule has 1 saturated heterocycles. The molecule has 0 radical (unpaired) electrons. The average molecular weight is 237 g/mol. The summed E-state index contributed by atoms with van der Waals surface area (Å²) in [5.41, 5.74) is 0.267. The van der Waals surface area contributed by atoms with E-state index >= 15 is 0 Å². The van der Waals surface area contributed by atoms with Crippen LogP contribution in [0.4, 0.5) is 0 Å². The molecular weight excluding hydrogens is 210 g/mol. The van der Waals surface area contributed by atoms with E-state index in [1.165, 1.54) is 57.9 Å². The first-order valence-electron chi connectivity index (χ1n) is 7.65. The SMILES string of the molecule is CC1CC1CNC1CCOC2(CCCCC2)C1. The first-order chi connectivity index (χ1) is 8.27. The van der Waals surface area contributed by atoms with Crippen LogP contribution in [0.2, 0.25) is 0 Å². The van der Waals surface area contributed by atoms with Crippen molar-refractivity contribution in [3.8, 4) is 0 Å². The van der Waals surface area contributed by atoms with Crippen LogP contribution < -0.4 is 5.32 Å². The Bertz CT molecular complexity index is 254. The van der Waals surface area contributed by atoms with Gasteiger partial charge in [-0.3, -0.25) is 0 Å². The van der Waals surface area contributed by atoms with Gasteiger partial charge >= 0.3 is 0 Å². The van der Waals surface area contributed by atoms with Crippen molar-refractivity contribution in [2.24, 2.45) is 11.8 Å². The number of hydrogen-bond donors (Lipinski definition) is 1. The second kappa shape index (κ2) is 4.89. The standard InChI is InChI=1S/C15H27NO/c1-12-9-13(12)11-16-14-5-8-17-15(10-14)6-3-2-4-7-15/h12-14,16H,2-11H2,1H3. The third-order valence-corrected chi connectivity index (χ3v) is 5.20. The molecule has 0 bridgehead atoms. The quantitative estimate of drug-likeness (QED) is 0.814. The van der Waals surface area contributed by atoms with Crippen LogP contribution >= 0.6 is 0 Å². The summed E-state index contributed by atoms with van der Waals surface area (Å²) in [7, 11) is 0. The highest BCUT2D eigenvalue weighted by Crippen LogP contribution is 2.40. The first kappa shape index (κ1) is 12.0. The van der Waals surface area contributed by atoms with Crippen molar-refractivity contribution >= 4 is 0 Å². The topological polar surface area (TPSA) is 21.3 Å². The van der Waals surface area contributed by atoms with E-state index in [1.807, 2.05) is 0 Å². The summed E-state index contributed by atoms with van der Waals surface area (Å²) in [4.78, 5) is 0. The third-order valence-electron chi connectivity index (χ3n) is 5.20. The largest absolute Gasteiger partial charge is 0.375 e. The second-order valence-corrected chi connectivity index (χ2v) is 6.66. The summed E-state index contributed by atoms with van der Waals surface area (Å²) in [5, 5.41) is 3.81. The van der Waals surface area contributed by atoms with E-state index in [4.69, 9.17) is 4.74 Å². The molecule has 2 saturated carbocycles. The molecule has 17 heavy (non-hydrogen) atoms. The molecule has 3 rings (SSSR count). The van der Waals surface area contributed by atoms with E-state index in [-0.39, 0.29) is 5.60 Å². The molecule has 3 atom stereocenters. The van der Waals surface area contributed by atoms with Crippen molar-refractivity contribution in [1.29, 1.82) is 0 Å². The van der Waals surface area contributed by atoms with E-state index in [0.29, 0.717) is 0 Å². The molecule has 2 aliphatic carbocycles. The van der Waals surface area contributed by atoms with Gasteiger partial charge in [0.15, 0.2) is 0 Å². The Morgan fingerprint density at radius 1 is 1.24 bits per heavy atom. The van der Waals surface area contributed by atoms with Gasteiger partial charge in [-0.05, 0) is 50.5 Å². The molecule has 0 amide bonds. The molecule has 0 aromatic rings. The zero-order chi connectivity index (χ0) is 11.7. The highest BCUT2D eigenvalue weighted by Gasteiger charge is 2.39. The minimum Gasteiger partial charge on any atom is -0.375 e. The maximum atomic E-state index is 6.14. The summed E-state index contributed by atoms with van der Waals surface area (Å²) in [5.74, 6) is 1.95. The zero-order valence-corrected chi connectivity index (χ0v) is 11.2. The number of nitrogens with one attached hydrogen (secondary N) is 1. The van der Waals surface area contributed by atoms with E-state index in [1.54, 1.807) is 0 Å². The molecule has 1 spiro atoms. The molecule has 98 valence electrons. The van der Waals surface area contributed by atoms with Gasteiger partial charge in [-0.25, -0.2) is 0 Å².